The molecule has 0 fully saturated rings. The van der Waals surface area contributed by atoms with Crippen LogP contribution >= 0.6 is 0 Å². The van der Waals surface area contributed by atoms with Crippen LogP contribution in [0.1, 0.15) is 31.8 Å². The predicted octanol–water partition coefficient (Wildman–Crippen LogP) is 5.15. The maximum absolute atomic E-state index is 13.7. The van der Waals surface area contributed by atoms with Crippen molar-refractivity contribution in [3.63, 3.8) is 0 Å². The molecular weight excluding hydrogens is 407 g/mol. The first-order valence-corrected chi connectivity index (χ1v) is 10.1. The highest BCUT2D eigenvalue weighted by Gasteiger charge is 2.40. The minimum atomic E-state index is -0.374. The van der Waals surface area contributed by atoms with Gasteiger partial charge in [0.25, 0.3) is 11.8 Å². The summed E-state index contributed by atoms with van der Waals surface area (Å²) in [5.41, 5.74) is 3.54. The van der Waals surface area contributed by atoms with Crippen molar-refractivity contribution in [1.82, 2.24) is 9.88 Å². The zero-order valence-corrected chi connectivity index (χ0v) is 17.6. The van der Waals surface area contributed by atoms with Gasteiger partial charge in [-0.05, 0) is 70.8 Å². The lowest BCUT2D eigenvalue weighted by Gasteiger charge is -2.15. The Morgan fingerprint density at radius 2 is 1.56 bits per heavy atom. The van der Waals surface area contributed by atoms with E-state index in [0.29, 0.717) is 28.0 Å². The summed E-state index contributed by atoms with van der Waals surface area (Å²) in [6.07, 6.45) is 3.26. The average molecular weight is 426 g/mol. The molecule has 2 heterocycles. The number of benzene rings is 3. The highest BCUT2D eigenvalue weighted by atomic mass is 19.1. The number of hydrogen-bond acceptors (Lipinski definition) is 4. The lowest BCUT2D eigenvalue weighted by molar-refractivity contribution is 0.0642. The van der Waals surface area contributed by atoms with Gasteiger partial charge in [0.15, 0.2) is 0 Å². The van der Waals surface area contributed by atoms with Crippen molar-refractivity contribution in [2.45, 2.75) is 13.5 Å². The molecule has 0 saturated carbocycles. The number of halogens is 1. The number of carbonyl (C=O) groups is 2. The molecule has 1 aliphatic rings. The Morgan fingerprint density at radius 3 is 2.25 bits per heavy atom. The Kier molecular flexibility index (Phi) is 4.70. The zero-order valence-electron chi connectivity index (χ0n) is 17.6. The van der Waals surface area contributed by atoms with Gasteiger partial charge in [0.1, 0.15) is 11.6 Å². The van der Waals surface area contributed by atoms with Crippen LogP contribution in [0.4, 0.5) is 4.39 Å². The van der Waals surface area contributed by atoms with Crippen molar-refractivity contribution >= 4 is 22.6 Å². The van der Waals surface area contributed by atoms with Crippen LogP contribution in [0.2, 0.25) is 0 Å². The van der Waals surface area contributed by atoms with Gasteiger partial charge >= 0.3 is 0 Å². The molecule has 0 unspecified atom stereocenters. The molecule has 1 aliphatic heterocycles. The lowest BCUT2D eigenvalue weighted by Crippen LogP contribution is -2.29. The summed E-state index contributed by atoms with van der Waals surface area (Å²) in [4.78, 5) is 32.3. The summed E-state index contributed by atoms with van der Waals surface area (Å²) in [5.74, 6) is -0.443. The van der Waals surface area contributed by atoms with Crippen LogP contribution in [-0.2, 0) is 6.54 Å². The van der Waals surface area contributed by atoms with E-state index < -0.39 is 0 Å². The van der Waals surface area contributed by atoms with Gasteiger partial charge in [-0.1, -0.05) is 18.2 Å². The van der Waals surface area contributed by atoms with Crippen molar-refractivity contribution in [3.05, 3.63) is 95.1 Å². The van der Waals surface area contributed by atoms with E-state index >= 15 is 0 Å². The quantitative estimate of drug-likeness (QED) is 0.423. The number of pyridine rings is 1. The summed E-state index contributed by atoms with van der Waals surface area (Å²) in [7, 11) is 1.57. The van der Waals surface area contributed by atoms with Crippen LogP contribution in [0.25, 0.3) is 21.9 Å². The fourth-order valence-corrected chi connectivity index (χ4v) is 4.34. The minimum Gasteiger partial charge on any atom is -0.497 e. The van der Waals surface area contributed by atoms with E-state index in [0.717, 1.165) is 21.9 Å². The number of aryl methyl sites for hydroxylation is 1. The number of ether oxygens (including phenoxy) is 1. The minimum absolute atomic E-state index is 0.150. The van der Waals surface area contributed by atoms with E-state index in [1.165, 1.54) is 17.0 Å². The molecule has 1 aromatic heterocycles. The Hall–Kier alpha value is -4.06. The second-order valence-corrected chi connectivity index (χ2v) is 7.72. The Morgan fingerprint density at radius 1 is 0.875 bits per heavy atom. The molecule has 0 bridgehead atoms. The van der Waals surface area contributed by atoms with Gasteiger partial charge in [0, 0.05) is 18.0 Å². The van der Waals surface area contributed by atoms with E-state index in [4.69, 9.17) is 4.74 Å². The normalized spacial score (nSPS) is 13.0. The van der Waals surface area contributed by atoms with Gasteiger partial charge in [-0.3, -0.25) is 19.5 Å². The van der Waals surface area contributed by atoms with Crippen LogP contribution in [0.5, 0.6) is 5.75 Å². The fourth-order valence-electron chi connectivity index (χ4n) is 4.34. The van der Waals surface area contributed by atoms with Crippen LogP contribution in [0.15, 0.2) is 67.0 Å². The maximum Gasteiger partial charge on any atom is 0.262 e. The van der Waals surface area contributed by atoms with Crippen LogP contribution in [0, 0.1) is 12.7 Å². The standard InChI is InChI=1S/C26H19FN2O3/c1-15-20-8-7-19(32-2)13-21(20)23(17-3-5-18(27)6-4-17)24-22(15)25(30)29(26(24)31)14-16-9-11-28-12-10-16/h3-13H,14H2,1-2H3. The first-order valence-electron chi connectivity index (χ1n) is 10.1. The average Bonchev–Trinajstić information content (AvgIpc) is 3.06. The van der Waals surface area contributed by atoms with Crippen LogP contribution < -0.4 is 4.74 Å². The third-order valence-electron chi connectivity index (χ3n) is 5.92. The highest BCUT2D eigenvalue weighted by Crippen LogP contribution is 2.42. The summed E-state index contributed by atoms with van der Waals surface area (Å²) in [6.45, 7) is 2.00. The van der Waals surface area contributed by atoms with E-state index in [1.807, 2.05) is 25.1 Å². The van der Waals surface area contributed by atoms with Crippen molar-refractivity contribution in [1.29, 1.82) is 0 Å². The maximum atomic E-state index is 13.7. The Labute approximate surface area is 184 Å². The second-order valence-electron chi connectivity index (χ2n) is 7.72. The summed E-state index contributed by atoms with van der Waals surface area (Å²) in [5, 5.41) is 1.62. The molecule has 5 rings (SSSR count). The Balaban J connectivity index is 1.79. The molecule has 5 nitrogen and oxygen atoms in total. The van der Waals surface area contributed by atoms with Crippen LogP contribution in [0.3, 0.4) is 0 Å². The number of hydrogen-bond donors (Lipinski definition) is 0. The van der Waals surface area contributed by atoms with E-state index in [9.17, 15) is 14.0 Å². The monoisotopic (exact) mass is 426 g/mol. The second kappa shape index (κ2) is 7.57. The van der Waals surface area contributed by atoms with Gasteiger partial charge in [-0.15, -0.1) is 0 Å². The number of rotatable bonds is 4. The number of nitrogens with zero attached hydrogens (tertiary/aromatic N) is 2. The van der Waals surface area contributed by atoms with Gasteiger partial charge in [0.2, 0.25) is 0 Å². The third-order valence-corrected chi connectivity index (χ3v) is 5.92. The first kappa shape index (κ1) is 19.9. The number of carbonyl (C=O) groups excluding carboxylic acids is 2. The summed E-state index contributed by atoms with van der Waals surface area (Å²) < 4.78 is 19.1. The van der Waals surface area contributed by atoms with Crippen LogP contribution in [-0.4, -0.2) is 28.8 Å². The van der Waals surface area contributed by atoms with E-state index in [1.54, 1.807) is 43.8 Å². The molecule has 158 valence electrons. The number of amides is 2. The number of methoxy groups -OCH3 is 1. The largest absolute Gasteiger partial charge is 0.497 e. The summed E-state index contributed by atoms with van der Waals surface area (Å²) >= 11 is 0. The molecule has 6 heteroatoms. The lowest BCUT2D eigenvalue weighted by atomic mass is 9.87. The molecule has 4 aromatic rings. The zero-order chi connectivity index (χ0) is 22.4. The topological polar surface area (TPSA) is 59.5 Å². The van der Waals surface area contributed by atoms with Gasteiger partial charge in [-0.2, -0.15) is 0 Å². The van der Waals surface area contributed by atoms with Crippen molar-refractivity contribution < 1.29 is 18.7 Å². The molecule has 0 N–H and O–H groups in total. The van der Waals surface area contributed by atoms with Crippen molar-refractivity contribution in [2.24, 2.45) is 0 Å². The fraction of sp³-hybridized carbons (Fsp3) is 0.115. The highest BCUT2D eigenvalue weighted by molar-refractivity contribution is 6.28. The van der Waals surface area contributed by atoms with Gasteiger partial charge in [0.05, 0.1) is 24.8 Å². The molecular formula is C26H19FN2O3. The van der Waals surface area contributed by atoms with Crippen molar-refractivity contribution in [3.8, 4) is 16.9 Å². The van der Waals surface area contributed by atoms with Crippen molar-refractivity contribution in [2.75, 3.05) is 7.11 Å². The molecule has 0 radical (unpaired) electrons. The SMILES string of the molecule is COc1ccc2c(C)c3c(c(-c4ccc(F)cc4)c2c1)C(=O)N(Cc1ccncc1)C3=O. The van der Waals surface area contributed by atoms with E-state index in [-0.39, 0.29) is 24.2 Å². The van der Waals surface area contributed by atoms with E-state index in [2.05, 4.69) is 4.98 Å². The molecule has 0 aliphatic carbocycles. The molecule has 3 aromatic carbocycles. The molecule has 2 amide bonds. The first-order chi connectivity index (χ1) is 15.5. The third kappa shape index (κ3) is 3.03. The molecule has 0 spiro atoms. The molecule has 0 atom stereocenters. The van der Waals surface area contributed by atoms with Gasteiger partial charge in [-0.25, -0.2) is 4.39 Å². The number of imide groups is 1. The number of fused-ring (bicyclic) bond motifs is 2. The summed E-state index contributed by atoms with van der Waals surface area (Å²) in [6, 6.07) is 15.1. The molecule has 0 saturated heterocycles. The predicted molar refractivity (Wildman–Crippen MR) is 119 cm³/mol. The van der Waals surface area contributed by atoms with Gasteiger partial charge < -0.3 is 4.74 Å². The number of aromatic nitrogens is 1. The Bertz CT molecular complexity index is 1380. The smallest absolute Gasteiger partial charge is 0.262 e. The molecule has 32 heavy (non-hydrogen) atoms.